The molecule has 0 unspecified atom stereocenters. The average molecular weight is 374 g/mol. The van der Waals surface area contributed by atoms with Crippen molar-refractivity contribution in [1.82, 2.24) is 19.6 Å². The van der Waals surface area contributed by atoms with Crippen molar-refractivity contribution in [3.63, 3.8) is 0 Å². The number of nitrogens with two attached hydrogens (primary N) is 1. The van der Waals surface area contributed by atoms with Crippen LogP contribution in [0.1, 0.15) is 11.4 Å². The average Bonchev–Trinajstić information content (AvgIpc) is 3.15. The molecule has 2 heterocycles. The summed E-state index contributed by atoms with van der Waals surface area (Å²) in [6, 6.07) is 9.57. The van der Waals surface area contributed by atoms with Crippen molar-refractivity contribution in [2.45, 2.75) is 25.3 Å². The number of aryl methyl sites for hydroxylation is 1. The van der Waals surface area contributed by atoms with E-state index >= 15 is 0 Å². The topological polar surface area (TPSA) is 125 Å². The lowest BCUT2D eigenvalue weighted by molar-refractivity contribution is -0.116. The summed E-state index contributed by atoms with van der Waals surface area (Å²) in [5, 5.41) is 16.1. The number of benzene rings is 1. The highest BCUT2D eigenvalue weighted by atomic mass is 32.2. The standard InChI is InChI=1S/C16H18N6O3S/c1-11-16(12(2)22(20-11)13-6-4-3-5-7-13)19-15(23)10-21-9-14(8-18-21)26(17,24)25/h3-9H,10H2,1-2H3,(H,19,23)(H2,17,24,25). The van der Waals surface area contributed by atoms with E-state index in [1.807, 2.05) is 37.3 Å². The Morgan fingerprint density at radius 2 is 1.92 bits per heavy atom. The van der Waals surface area contributed by atoms with E-state index in [9.17, 15) is 13.2 Å². The zero-order valence-electron chi connectivity index (χ0n) is 14.2. The highest BCUT2D eigenvalue weighted by Crippen LogP contribution is 2.22. The van der Waals surface area contributed by atoms with Crippen LogP contribution in [0.25, 0.3) is 5.69 Å². The second-order valence-corrected chi connectivity index (χ2v) is 7.32. The molecule has 1 amide bonds. The van der Waals surface area contributed by atoms with E-state index < -0.39 is 10.0 Å². The lowest BCUT2D eigenvalue weighted by atomic mass is 10.3. The molecule has 2 aromatic heterocycles. The van der Waals surface area contributed by atoms with Gasteiger partial charge in [-0.05, 0) is 26.0 Å². The van der Waals surface area contributed by atoms with Crippen molar-refractivity contribution in [3.05, 3.63) is 54.1 Å². The maximum atomic E-state index is 12.3. The van der Waals surface area contributed by atoms with E-state index in [0.29, 0.717) is 11.4 Å². The smallest absolute Gasteiger partial charge is 0.246 e. The molecule has 3 rings (SSSR count). The number of hydrogen-bond donors (Lipinski definition) is 2. The number of rotatable bonds is 5. The first-order valence-corrected chi connectivity index (χ1v) is 9.27. The highest BCUT2D eigenvalue weighted by Gasteiger charge is 2.16. The Morgan fingerprint density at radius 3 is 2.54 bits per heavy atom. The molecule has 0 saturated heterocycles. The quantitative estimate of drug-likeness (QED) is 0.688. The van der Waals surface area contributed by atoms with Gasteiger partial charge in [-0.2, -0.15) is 10.2 Å². The Hall–Kier alpha value is -2.98. The Kier molecular flexibility index (Phi) is 4.62. The number of carbonyl (C=O) groups is 1. The van der Waals surface area contributed by atoms with Crippen LogP contribution in [-0.4, -0.2) is 33.9 Å². The van der Waals surface area contributed by atoms with Gasteiger partial charge >= 0.3 is 0 Å². The number of nitrogens with zero attached hydrogens (tertiary/aromatic N) is 4. The van der Waals surface area contributed by atoms with Crippen molar-refractivity contribution >= 4 is 21.6 Å². The maximum Gasteiger partial charge on any atom is 0.246 e. The molecule has 0 aliphatic carbocycles. The third kappa shape index (κ3) is 3.65. The summed E-state index contributed by atoms with van der Waals surface area (Å²) in [4.78, 5) is 12.2. The minimum absolute atomic E-state index is 0.144. The number of sulfonamides is 1. The largest absolute Gasteiger partial charge is 0.321 e. The summed E-state index contributed by atoms with van der Waals surface area (Å²) in [5.74, 6) is -0.354. The first-order chi connectivity index (χ1) is 12.3. The summed E-state index contributed by atoms with van der Waals surface area (Å²) < 4.78 is 25.5. The van der Waals surface area contributed by atoms with E-state index in [0.717, 1.165) is 17.6 Å². The van der Waals surface area contributed by atoms with Gasteiger partial charge in [0.05, 0.1) is 29.0 Å². The van der Waals surface area contributed by atoms with E-state index in [1.165, 1.54) is 10.9 Å². The van der Waals surface area contributed by atoms with Gasteiger partial charge in [-0.1, -0.05) is 18.2 Å². The van der Waals surface area contributed by atoms with Gasteiger partial charge in [0.15, 0.2) is 0 Å². The van der Waals surface area contributed by atoms with Crippen LogP contribution in [0.4, 0.5) is 5.69 Å². The SMILES string of the molecule is Cc1nn(-c2ccccc2)c(C)c1NC(=O)Cn1cc(S(N)(=O)=O)cn1. The fourth-order valence-corrected chi connectivity index (χ4v) is 3.01. The van der Waals surface area contributed by atoms with Crippen LogP contribution in [-0.2, 0) is 21.4 Å². The predicted octanol–water partition coefficient (Wildman–Crippen LogP) is 0.972. The summed E-state index contributed by atoms with van der Waals surface area (Å²) in [7, 11) is -3.85. The number of hydrogen-bond acceptors (Lipinski definition) is 5. The van der Waals surface area contributed by atoms with E-state index in [-0.39, 0.29) is 17.3 Å². The molecule has 136 valence electrons. The van der Waals surface area contributed by atoms with Crippen LogP contribution in [0, 0.1) is 13.8 Å². The molecule has 9 nitrogen and oxygen atoms in total. The molecule has 10 heteroatoms. The third-order valence-corrected chi connectivity index (χ3v) is 4.67. The minimum atomic E-state index is -3.85. The van der Waals surface area contributed by atoms with Crippen molar-refractivity contribution in [2.75, 3.05) is 5.32 Å². The molecule has 1 aromatic carbocycles. The van der Waals surface area contributed by atoms with Crippen LogP contribution in [0.15, 0.2) is 47.6 Å². The molecular formula is C16H18N6O3S. The van der Waals surface area contributed by atoms with E-state index in [2.05, 4.69) is 15.5 Å². The number of carbonyl (C=O) groups excluding carboxylic acids is 1. The van der Waals surface area contributed by atoms with Gasteiger partial charge in [0.25, 0.3) is 0 Å². The molecule has 0 aliphatic rings. The Bertz CT molecular complexity index is 1050. The number of amides is 1. The Morgan fingerprint density at radius 1 is 1.23 bits per heavy atom. The number of primary sulfonamides is 1. The molecule has 0 fully saturated rings. The summed E-state index contributed by atoms with van der Waals surface area (Å²) in [5.41, 5.74) is 2.95. The molecule has 0 saturated carbocycles. The third-order valence-electron chi connectivity index (χ3n) is 3.80. The van der Waals surface area contributed by atoms with Gasteiger partial charge in [-0.3, -0.25) is 9.48 Å². The number of nitrogens with one attached hydrogen (secondary N) is 1. The van der Waals surface area contributed by atoms with E-state index in [1.54, 1.807) is 11.6 Å². The maximum absolute atomic E-state index is 12.3. The van der Waals surface area contributed by atoms with Crippen molar-refractivity contribution in [2.24, 2.45) is 5.14 Å². The molecule has 3 aromatic rings. The zero-order chi connectivity index (χ0) is 18.9. The fraction of sp³-hybridized carbons (Fsp3) is 0.188. The minimum Gasteiger partial charge on any atom is -0.321 e. The Balaban J connectivity index is 1.78. The van der Waals surface area contributed by atoms with Crippen LogP contribution >= 0.6 is 0 Å². The zero-order valence-corrected chi connectivity index (χ0v) is 15.1. The van der Waals surface area contributed by atoms with Gasteiger partial charge < -0.3 is 5.32 Å². The molecule has 26 heavy (non-hydrogen) atoms. The molecule has 0 bridgehead atoms. The predicted molar refractivity (Wildman–Crippen MR) is 95.3 cm³/mol. The summed E-state index contributed by atoms with van der Waals surface area (Å²) >= 11 is 0. The first-order valence-electron chi connectivity index (χ1n) is 7.72. The van der Waals surface area contributed by atoms with Crippen LogP contribution in [0.5, 0.6) is 0 Å². The lowest BCUT2D eigenvalue weighted by Gasteiger charge is -2.07. The van der Waals surface area contributed by atoms with Gasteiger partial charge in [-0.15, -0.1) is 0 Å². The summed E-state index contributed by atoms with van der Waals surface area (Å²) in [6.45, 7) is 3.51. The lowest BCUT2D eigenvalue weighted by Crippen LogP contribution is -2.20. The van der Waals surface area contributed by atoms with Gasteiger partial charge in [0.2, 0.25) is 15.9 Å². The molecule has 0 aliphatic heterocycles. The monoisotopic (exact) mass is 374 g/mol. The first kappa shape index (κ1) is 17.8. The molecular weight excluding hydrogens is 356 g/mol. The molecule has 3 N–H and O–H groups in total. The van der Waals surface area contributed by atoms with Gasteiger partial charge in [0, 0.05) is 6.20 Å². The van der Waals surface area contributed by atoms with Crippen LogP contribution < -0.4 is 10.5 Å². The van der Waals surface area contributed by atoms with Crippen molar-refractivity contribution in [3.8, 4) is 5.69 Å². The number of aromatic nitrogens is 4. The fourth-order valence-electron chi connectivity index (χ4n) is 2.55. The number of anilines is 1. The van der Waals surface area contributed by atoms with Crippen LogP contribution in [0.3, 0.4) is 0 Å². The molecule has 0 radical (unpaired) electrons. The second-order valence-electron chi connectivity index (χ2n) is 5.76. The second kappa shape index (κ2) is 6.73. The van der Waals surface area contributed by atoms with Gasteiger partial charge in [-0.25, -0.2) is 18.2 Å². The normalized spacial score (nSPS) is 11.5. The number of para-hydroxylation sites is 1. The molecule has 0 spiro atoms. The Labute approximate surface area is 150 Å². The summed E-state index contributed by atoms with van der Waals surface area (Å²) in [6.07, 6.45) is 2.31. The van der Waals surface area contributed by atoms with Crippen molar-refractivity contribution < 1.29 is 13.2 Å². The van der Waals surface area contributed by atoms with Crippen LogP contribution in [0.2, 0.25) is 0 Å². The van der Waals surface area contributed by atoms with Crippen molar-refractivity contribution in [1.29, 1.82) is 0 Å². The molecule has 0 atom stereocenters. The van der Waals surface area contributed by atoms with E-state index in [4.69, 9.17) is 5.14 Å². The highest BCUT2D eigenvalue weighted by molar-refractivity contribution is 7.89. The van der Waals surface area contributed by atoms with Gasteiger partial charge in [0.1, 0.15) is 11.4 Å².